The number of anilines is 1. The van der Waals surface area contributed by atoms with Crippen LogP contribution in [0.3, 0.4) is 0 Å². The molecule has 2 fully saturated rings. The lowest BCUT2D eigenvalue weighted by atomic mass is 10.1. The van der Waals surface area contributed by atoms with Crippen molar-refractivity contribution < 1.29 is 4.74 Å². The largest absolute Gasteiger partial charge is 0.495 e. The summed E-state index contributed by atoms with van der Waals surface area (Å²) in [5.74, 6) is 0.838. The van der Waals surface area contributed by atoms with Crippen molar-refractivity contribution in [1.29, 1.82) is 0 Å². The number of hydrogen-bond acceptors (Lipinski definition) is 4. The number of nitrogens with one attached hydrogen (secondary N) is 1. The summed E-state index contributed by atoms with van der Waals surface area (Å²) >= 11 is 0. The van der Waals surface area contributed by atoms with Crippen molar-refractivity contribution in [2.75, 3.05) is 25.1 Å². The van der Waals surface area contributed by atoms with E-state index in [-0.39, 0.29) is 0 Å². The van der Waals surface area contributed by atoms with Gasteiger partial charge in [0.1, 0.15) is 5.75 Å². The first kappa shape index (κ1) is 10.8. The Morgan fingerprint density at radius 3 is 3.06 bits per heavy atom. The van der Waals surface area contributed by atoms with Crippen LogP contribution in [0.1, 0.15) is 19.3 Å². The second-order valence-corrected chi connectivity index (χ2v) is 4.96. The van der Waals surface area contributed by atoms with Crippen molar-refractivity contribution in [2.24, 2.45) is 0 Å². The van der Waals surface area contributed by atoms with Crippen molar-refractivity contribution in [3.63, 3.8) is 0 Å². The zero-order chi connectivity index (χ0) is 11.7. The van der Waals surface area contributed by atoms with Crippen LogP contribution in [0.15, 0.2) is 18.5 Å². The maximum Gasteiger partial charge on any atom is 0.139 e. The fourth-order valence-electron chi connectivity index (χ4n) is 2.87. The minimum Gasteiger partial charge on any atom is -0.495 e. The Balaban J connectivity index is 1.78. The molecule has 2 saturated heterocycles. The van der Waals surface area contributed by atoms with Gasteiger partial charge in [-0.05, 0) is 19.3 Å². The molecular formula is C13H19N3O. The molecule has 1 aromatic rings. The number of rotatable bonds is 2. The van der Waals surface area contributed by atoms with Crippen LogP contribution in [0.4, 0.5) is 5.69 Å². The van der Waals surface area contributed by atoms with E-state index >= 15 is 0 Å². The van der Waals surface area contributed by atoms with Gasteiger partial charge in [0.15, 0.2) is 0 Å². The number of nitrogens with zero attached hydrogens (tertiary/aromatic N) is 2. The first-order valence-electron chi connectivity index (χ1n) is 6.35. The molecule has 1 N–H and O–H groups in total. The molecule has 92 valence electrons. The molecule has 0 saturated carbocycles. The monoisotopic (exact) mass is 233 g/mol. The molecule has 2 aliphatic heterocycles. The predicted octanol–water partition coefficient (Wildman–Crippen LogP) is 1.42. The minimum atomic E-state index is 0.647. The smallest absolute Gasteiger partial charge is 0.139 e. The van der Waals surface area contributed by atoms with Crippen LogP contribution >= 0.6 is 0 Å². The summed E-state index contributed by atoms with van der Waals surface area (Å²) < 4.78 is 5.23. The molecule has 4 heteroatoms. The van der Waals surface area contributed by atoms with Crippen LogP contribution in [0.25, 0.3) is 0 Å². The van der Waals surface area contributed by atoms with Gasteiger partial charge in [0, 0.05) is 31.2 Å². The van der Waals surface area contributed by atoms with E-state index in [0.29, 0.717) is 6.04 Å². The molecule has 0 aromatic carbocycles. The molecule has 1 aromatic heterocycles. The van der Waals surface area contributed by atoms with Crippen LogP contribution < -0.4 is 15.0 Å². The summed E-state index contributed by atoms with van der Waals surface area (Å²) in [6.07, 6.45) is 7.56. The van der Waals surface area contributed by atoms with Gasteiger partial charge in [-0.1, -0.05) is 0 Å². The van der Waals surface area contributed by atoms with Crippen LogP contribution in [0, 0.1) is 0 Å². The zero-order valence-corrected chi connectivity index (χ0v) is 10.2. The first-order valence-corrected chi connectivity index (χ1v) is 6.35. The Morgan fingerprint density at radius 1 is 1.29 bits per heavy atom. The van der Waals surface area contributed by atoms with E-state index in [4.69, 9.17) is 4.74 Å². The van der Waals surface area contributed by atoms with E-state index < -0.39 is 0 Å². The average Bonchev–Trinajstić information content (AvgIpc) is 2.69. The van der Waals surface area contributed by atoms with Gasteiger partial charge >= 0.3 is 0 Å². The summed E-state index contributed by atoms with van der Waals surface area (Å²) in [4.78, 5) is 6.66. The molecule has 0 unspecified atom stereocenters. The van der Waals surface area contributed by atoms with Crippen LogP contribution in [0.5, 0.6) is 5.75 Å². The van der Waals surface area contributed by atoms with E-state index in [2.05, 4.69) is 21.3 Å². The predicted molar refractivity (Wildman–Crippen MR) is 67.6 cm³/mol. The maximum atomic E-state index is 5.23. The SMILES string of the molecule is COc1cncc(N2CC[C@H]3CC[C@@H](C2)N3)c1. The van der Waals surface area contributed by atoms with Gasteiger partial charge in [-0.15, -0.1) is 0 Å². The van der Waals surface area contributed by atoms with E-state index in [0.717, 1.165) is 24.9 Å². The lowest BCUT2D eigenvalue weighted by molar-refractivity contribution is 0.413. The fourth-order valence-corrected chi connectivity index (χ4v) is 2.87. The second-order valence-electron chi connectivity index (χ2n) is 4.96. The van der Waals surface area contributed by atoms with Gasteiger partial charge in [-0.25, -0.2) is 0 Å². The van der Waals surface area contributed by atoms with Gasteiger partial charge in [0.2, 0.25) is 0 Å². The molecule has 17 heavy (non-hydrogen) atoms. The molecule has 0 amide bonds. The Morgan fingerprint density at radius 2 is 2.18 bits per heavy atom. The molecule has 3 rings (SSSR count). The lowest BCUT2D eigenvalue weighted by Crippen LogP contribution is -2.35. The van der Waals surface area contributed by atoms with Crippen molar-refractivity contribution >= 4 is 5.69 Å². The summed E-state index contributed by atoms with van der Waals surface area (Å²) in [5.41, 5.74) is 1.18. The minimum absolute atomic E-state index is 0.647. The number of pyridine rings is 1. The average molecular weight is 233 g/mol. The van der Waals surface area contributed by atoms with E-state index in [1.165, 1.54) is 24.9 Å². The first-order chi connectivity index (χ1) is 8.35. The quantitative estimate of drug-likeness (QED) is 0.838. The standard InChI is InChI=1S/C13H19N3O/c1-17-13-6-12(7-14-8-13)16-5-4-10-2-3-11(9-16)15-10/h6-8,10-11,15H,2-5,9H2,1H3/t10-,11+/m1/s1. The topological polar surface area (TPSA) is 37.4 Å². The van der Waals surface area contributed by atoms with E-state index in [9.17, 15) is 0 Å². The van der Waals surface area contributed by atoms with Gasteiger partial charge in [-0.2, -0.15) is 0 Å². The summed E-state index contributed by atoms with van der Waals surface area (Å²) in [5, 5.41) is 3.69. The van der Waals surface area contributed by atoms with Crippen molar-refractivity contribution in [3.05, 3.63) is 18.5 Å². The van der Waals surface area contributed by atoms with E-state index in [1.54, 1.807) is 13.3 Å². The second kappa shape index (κ2) is 4.53. The van der Waals surface area contributed by atoms with Crippen molar-refractivity contribution in [3.8, 4) is 5.75 Å². The highest BCUT2D eigenvalue weighted by atomic mass is 16.5. The highest BCUT2D eigenvalue weighted by Crippen LogP contribution is 2.25. The number of hydrogen-bond donors (Lipinski definition) is 1. The highest BCUT2D eigenvalue weighted by Gasteiger charge is 2.29. The van der Waals surface area contributed by atoms with Crippen LogP contribution in [0.2, 0.25) is 0 Å². The molecule has 4 nitrogen and oxygen atoms in total. The Kier molecular flexibility index (Phi) is 2.89. The summed E-state index contributed by atoms with van der Waals surface area (Å²) in [7, 11) is 1.69. The number of ether oxygens (including phenoxy) is 1. The van der Waals surface area contributed by atoms with Gasteiger partial charge in [-0.3, -0.25) is 4.98 Å². The highest BCUT2D eigenvalue weighted by molar-refractivity contribution is 5.48. The molecule has 2 bridgehead atoms. The fraction of sp³-hybridized carbons (Fsp3) is 0.615. The van der Waals surface area contributed by atoms with Crippen molar-refractivity contribution in [2.45, 2.75) is 31.3 Å². The molecule has 2 aliphatic rings. The Hall–Kier alpha value is -1.29. The normalized spacial score (nSPS) is 27.9. The maximum absolute atomic E-state index is 5.23. The summed E-state index contributed by atoms with van der Waals surface area (Å²) in [6.45, 7) is 2.20. The molecule has 0 radical (unpaired) electrons. The molecule has 0 spiro atoms. The molecule has 3 heterocycles. The third-order valence-corrected chi connectivity index (χ3v) is 3.82. The third kappa shape index (κ3) is 2.22. The van der Waals surface area contributed by atoms with E-state index in [1.807, 2.05) is 6.20 Å². The van der Waals surface area contributed by atoms with Crippen molar-refractivity contribution in [1.82, 2.24) is 10.3 Å². The van der Waals surface area contributed by atoms with Crippen LogP contribution in [-0.4, -0.2) is 37.3 Å². The van der Waals surface area contributed by atoms with Gasteiger partial charge < -0.3 is 15.0 Å². The molecule has 0 aliphatic carbocycles. The molecule has 2 atom stereocenters. The number of fused-ring (bicyclic) bond motifs is 2. The summed E-state index contributed by atoms with van der Waals surface area (Å²) in [6, 6.07) is 3.45. The number of methoxy groups -OCH3 is 1. The molecular weight excluding hydrogens is 214 g/mol. The lowest BCUT2D eigenvalue weighted by Gasteiger charge is -2.26. The van der Waals surface area contributed by atoms with Gasteiger partial charge in [0.05, 0.1) is 25.2 Å². The Bertz CT molecular complexity index is 396. The Labute approximate surface area is 102 Å². The van der Waals surface area contributed by atoms with Gasteiger partial charge in [0.25, 0.3) is 0 Å². The zero-order valence-electron chi connectivity index (χ0n) is 10.2. The number of aromatic nitrogens is 1. The van der Waals surface area contributed by atoms with Crippen LogP contribution in [-0.2, 0) is 0 Å². The third-order valence-electron chi connectivity index (χ3n) is 3.82.